The molecular formula is C21H24N2O5. The lowest BCUT2D eigenvalue weighted by Gasteiger charge is -2.16. The maximum absolute atomic E-state index is 12.4. The summed E-state index contributed by atoms with van der Waals surface area (Å²) >= 11 is 0. The molecule has 0 aliphatic heterocycles. The molecule has 148 valence electrons. The summed E-state index contributed by atoms with van der Waals surface area (Å²) in [5.74, 6) is -0.986. The Morgan fingerprint density at radius 1 is 0.964 bits per heavy atom. The van der Waals surface area contributed by atoms with Crippen molar-refractivity contribution >= 4 is 23.3 Å². The van der Waals surface area contributed by atoms with Crippen molar-refractivity contribution in [2.45, 2.75) is 20.0 Å². The number of carbonyl (C=O) groups is 3. The number of nitrogens with one attached hydrogen (secondary N) is 2. The van der Waals surface area contributed by atoms with Crippen LogP contribution in [0.3, 0.4) is 0 Å². The largest absolute Gasteiger partial charge is 0.494 e. The zero-order valence-corrected chi connectivity index (χ0v) is 15.9. The van der Waals surface area contributed by atoms with Crippen LogP contribution in [0.25, 0.3) is 0 Å². The number of carbonyl (C=O) groups excluding carboxylic acids is 3. The van der Waals surface area contributed by atoms with Crippen LogP contribution in [0.1, 0.15) is 24.2 Å². The van der Waals surface area contributed by atoms with Gasteiger partial charge in [-0.2, -0.15) is 0 Å². The first-order chi connectivity index (χ1) is 13.5. The number of para-hydroxylation sites is 1. The number of benzene rings is 2. The molecule has 0 aromatic heterocycles. The normalized spacial score (nSPS) is 11.4. The fourth-order valence-corrected chi connectivity index (χ4v) is 2.47. The van der Waals surface area contributed by atoms with E-state index in [1.54, 1.807) is 55.5 Å². The second-order valence-electron chi connectivity index (χ2n) is 5.80. The minimum Gasteiger partial charge on any atom is -0.494 e. The Labute approximate surface area is 164 Å². The van der Waals surface area contributed by atoms with Gasteiger partial charge in [-0.3, -0.25) is 14.4 Å². The summed E-state index contributed by atoms with van der Waals surface area (Å²) in [6.45, 7) is 3.87. The van der Waals surface area contributed by atoms with Gasteiger partial charge in [0, 0.05) is 17.9 Å². The maximum atomic E-state index is 12.4. The van der Waals surface area contributed by atoms with Gasteiger partial charge in [0.1, 0.15) is 5.75 Å². The van der Waals surface area contributed by atoms with Gasteiger partial charge in [-0.1, -0.05) is 24.3 Å². The molecule has 0 aliphatic carbocycles. The molecule has 7 nitrogen and oxygen atoms in total. The van der Waals surface area contributed by atoms with Crippen molar-refractivity contribution < 1.29 is 23.9 Å². The molecule has 2 aromatic carbocycles. The van der Waals surface area contributed by atoms with E-state index in [9.17, 15) is 14.4 Å². The van der Waals surface area contributed by atoms with E-state index < -0.39 is 23.7 Å². The summed E-state index contributed by atoms with van der Waals surface area (Å²) in [5.41, 5.74) is 0.919. The highest BCUT2D eigenvalue weighted by Gasteiger charge is 2.27. The van der Waals surface area contributed by atoms with E-state index in [0.29, 0.717) is 23.6 Å². The van der Waals surface area contributed by atoms with Crippen molar-refractivity contribution in [2.75, 3.05) is 25.1 Å². The summed E-state index contributed by atoms with van der Waals surface area (Å²) in [5, 5.41) is 5.16. The number of hydrogen-bond donors (Lipinski definition) is 2. The van der Waals surface area contributed by atoms with Crippen LogP contribution in [0.2, 0.25) is 0 Å². The molecule has 0 heterocycles. The second kappa shape index (κ2) is 10.8. The molecule has 28 heavy (non-hydrogen) atoms. The van der Waals surface area contributed by atoms with Gasteiger partial charge in [0.15, 0.2) is 11.9 Å². The van der Waals surface area contributed by atoms with E-state index in [-0.39, 0.29) is 13.2 Å². The zero-order valence-electron chi connectivity index (χ0n) is 15.9. The molecule has 2 amide bonds. The van der Waals surface area contributed by atoms with E-state index in [4.69, 9.17) is 9.47 Å². The lowest BCUT2D eigenvalue weighted by molar-refractivity contribution is -0.140. The highest BCUT2D eigenvalue weighted by atomic mass is 16.5. The highest BCUT2D eigenvalue weighted by molar-refractivity contribution is 6.11. The summed E-state index contributed by atoms with van der Waals surface area (Å²) in [6.07, 6.45) is -1.31. The summed E-state index contributed by atoms with van der Waals surface area (Å²) < 4.78 is 10.7. The third-order valence-electron chi connectivity index (χ3n) is 3.74. The topological polar surface area (TPSA) is 93.7 Å². The SMILES string of the molecule is CCOc1cccc(C(=O)NCC(=O)C(OCC)C(=O)Nc2ccccc2)c1. The van der Waals surface area contributed by atoms with Crippen molar-refractivity contribution in [3.63, 3.8) is 0 Å². The molecule has 0 fully saturated rings. The molecule has 0 spiro atoms. The first-order valence-electron chi connectivity index (χ1n) is 9.06. The molecule has 2 rings (SSSR count). The number of anilines is 1. The summed E-state index contributed by atoms with van der Waals surface area (Å²) in [7, 11) is 0. The first-order valence-corrected chi connectivity index (χ1v) is 9.06. The molecule has 1 atom stereocenters. The second-order valence-corrected chi connectivity index (χ2v) is 5.80. The van der Waals surface area contributed by atoms with Crippen LogP contribution >= 0.6 is 0 Å². The molecule has 2 aromatic rings. The molecule has 2 N–H and O–H groups in total. The number of ether oxygens (including phenoxy) is 2. The Balaban J connectivity index is 1.96. The standard InChI is InChI=1S/C21H24N2O5/c1-3-27-17-12-8-9-15(13-17)20(25)22-14-18(24)19(28-4-2)21(26)23-16-10-6-5-7-11-16/h5-13,19H,3-4,14H2,1-2H3,(H,22,25)(H,23,26). The Bertz CT molecular complexity index is 807. The molecular weight excluding hydrogens is 360 g/mol. The number of hydrogen-bond acceptors (Lipinski definition) is 5. The van der Waals surface area contributed by atoms with E-state index in [0.717, 1.165) is 0 Å². The average Bonchev–Trinajstić information content (AvgIpc) is 2.71. The minimum atomic E-state index is -1.31. The van der Waals surface area contributed by atoms with Crippen molar-refractivity contribution in [3.05, 3.63) is 60.2 Å². The average molecular weight is 384 g/mol. The predicted molar refractivity (Wildman–Crippen MR) is 105 cm³/mol. The summed E-state index contributed by atoms with van der Waals surface area (Å²) in [6, 6.07) is 15.4. The highest BCUT2D eigenvalue weighted by Crippen LogP contribution is 2.13. The van der Waals surface area contributed by atoms with E-state index in [2.05, 4.69) is 10.6 Å². The third kappa shape index (κ3) is 6.21. The number of ketones is 1. The van der Waals surface area contributed by atoms with Crippen LogP contribution in [0.4, 0.5) is 5.69 Å². The van der Waals surface area contributed by atoms with Crippen LogP contribution in [0, 0.1) is 0 Å². The fourth-order valence-electron chi connectivity index (χ4n) is 2.47. The van der Waals surface area contributed by atoms with Gasteiger partial charge in [-0.15, -0.1) is 0 Å². The minimum absolute atomic E-state index is 0.183. The first kappa shape index (κ1) is 21.1. The van der Waals surface area contributed by atoms with Crippen LogP contribution in [0.5, 0.6) is 5.75 Å². The lowest BCUT2D eigenvalue weighted by Crippen LogP contribution is -2.43. The van der Waals surface area contributed by atoms with Gasteiger partial charge in [0.05, 0.1) is 13.2 Å². The smallest absolute Gasteiger partial charge is 0.261 e. The molecule has 0 radical (unpaired) electrons. The van der Waals surface area contributed by atoms with Crippen LogP contribution < -0.4 is 15.4 Å². The summed E-state index contributed by atoms with van der Waals surface area (Å²) in [4.78, 5) is 37.1. The van der Waals surface area contributed by atoms with Crippen molar-refractivity contribution in [3.8, 4) is 5.75 Å². The Morgan fingerprint density at radius 2 is 1.71 bits per heavy atom. The predicted octanol–water partition coefficient (Wildman–Crippen LogP) is 2.43. The van der Waals surface area contributed by atoms with Gasteiger partial charge in [0.2, 0.25) is 0 Å². The van der Waals surface area contributed by atoms with Crippen molar-refractivity contribution in [1.82, 2.24) is 5.32 Å². The van der Waals surface area contributed by atoms with E-state index in [1.165, 1.54) is 0 Å². The van der Waals surface area contributed by atoms with Gasteiger partial charge in [-0.25, -0.2) is 0 Å². The van der Waals surface area contributed by atoms with Crippen LogP contribution in [-0.2, 0) is 14.3 Å². The molecule has 0 bridgehead atoms. The molecule has 0 saturated carbocycles. The Morgan fingerprint density at radius 3 is 2.39 bits per heavy atom. The Hall–Kier alpha value is -3.19. The Kier molecular flexibility index (Phi) is 8.17. The maximum Gasteiger partial charge on any atom is 0.261 e. The molecule has 1 unspecified atom stereocenters. The van der Waals surface area contributed by atoms with Crippen molar-refractivity contribution in [1.29, 1.82) is 0 Å². The quantitative estimate of drug-likeness (QED) is 0.614. The van der Waals surface area contributed by atoms with Gasteiger partial charge >= 0.3 is 0 Å². The van der Waals surface area contributed by atoms with Crippen LogP contribution in [0.15, 0.2) is 54.6 Å². The number of rotatable bonds is 10. The molecule has 0 saturated heterocycles. The lowest BCUT2D eigenvalue weighted by atomic mass is 10.1. The fraction of sp³-hybridized carbons (Fsp3) is 0.286. The zero-order chi connectivity index (χ0) is 20.4. The van der Waals surface area contributed by atoms with Gasteiger partial charge < -0.3 is 20.1 Å². The number of Topliss-reactive ketones (excluding diaryl/α,β-unsaturated/α-hetero) is 1. The third-order valence-corrected chi connectivity index (χ3v) is 3.74. The molecule has 0 aliphatic rings. The van der Waals surface area contributed by atoms with E-state index in [1.807, 2.05) is 13.0 Å². The van der Waals surface area contributed by atoms with Gasteiger partial charge in [0.25, 0.3) is 11.8 Å². The van der Waals surface area contributed by atoms with Gasteiger partial charge in [-0.05, 0) is 44.2 Å². The van der Waals surface area contributed by atoms with Crippen LogP contribution in [-0.4, -0.2) is 43.5 Å². The van der Waals surface area contributed by atoms with E-state index >= 15 is 0 Å². The van der Waals surface area contributed by atoms with Crippen molar-refractivity contribution in [2.24, 2.45) is 0 Å². The monoisotopic (exact) mass is 384 g/mol. The number of amides is 2. The molecule has 7 heteroatoms.